The van der Waals surface area contributed by atoms with E-state index in [1.54, 1.807) is 23.0 Å². The molecule has 2 aromatic carbocycles. The van der Waals surface area contributed by atoms with Crippen LogP contribution in [-0.2, 0) is 7.05 Å². The predicted molar refractivity (Wildman–Crippen MR) is 115 cm³/mol. The molecule has 0 aliphatic rings. The Morgan fingerprint density at radius 1 is 1.17 bits per heavy atom. The van der Waals surface area contributed by atoms with Gasteiger partial charge in [0.05, 0.1) is 22.4 Å². The number of carbonyl (C=O) groups is 1. The Morgan fingerprint density at radius 3 is 2.55 bits per heavy atom. The number of amides is 1. The van der Waals surface area contributed by atoms with Crippen molar-refractivity contribution < 1.29 is 9.18 Å². The molecule has 0 saturated carbocycles. The summed E-state index contributed by atoms with van der Waals surface area (Å²) >= 11 is 3.58. The molecule has 0 saturated heterocycles. The average Bonchev–Trinajstić information content (AvgIpc) is 3.21. The van der Waals surface area contributed by atoms with Crippen molar-refractivity contribution >= 4 is 32.7 Å². The summed E-state index contributed by atoms with van der Waals surface area (Å²) in [6.07, 6.45) is 1.74. The van der Waals surface area contributed by atoms with Gasteiger partial charge in [0.15, 0.2) is 0 Å². The lowest BCUT2D eigenvalue weighted by Crippen LogP contribution is -2.28. The number of benzene rings is 2. The van der Waals surface area contributed by atoms with E-state index >= 15 is 0 Å². The van der Waals surface area contributed by atoms with Crippen molar-refractivity contribution in [2.24, 2.45) is 7.05 Å². The first kappa shape index (κ1) is 19.4. The highest BCUT2D eigenvalue weighted by Crippen LogP contribution is 2.30. The van der Waals surface area contributed by atoms with Crippen LogP contribution in [0, 0.1) is 12.7 Å². The Kier molecular flexibility index (Phi) is 5.00. The summed E-state index contributed by atoms with van der Waals surface area (Å²) in [5.41, 5.74) is 4.11. The van der Waals surface area contributed by atoms with E-state index in [9.17, 15) is 9.18 Å². The first-order chi connectivity index (χ1) is 13.9. The zero-order valence-corrected chi connectivity index (χ0v) is 17.9. The van der Waals surface area contributed by atoms with Crippen LogP contribution in [-0.4, -0.2) is 20.3 Å². The van der Waals surface area contributed by atoms with Gasteiger partial charge >= 0.3 is 0 Å². The van der Waals surface area contributed by atoms with Gasteiger partial charge in [-0.1, -0.05) is 18.2 Å². The second kappa shape index (κ2) is 7.48. The number of carbonyl (C=O) groups excluding carboxylic acids is 1. The van der Waals surface area contributed by atoms with Crippen molar-refractivity contribution in [3.8, 4) is 5.69 Å². The van der Waals surface area contributed by atoms with Crippen LogP contribution >= 0.6 is 15.9 Å². The number of aryl methyl sites for hydroxylation is 1. The predicted octanol–water partition coefficient (Wildman–Crippen LogP) is 5.07. The molecule has 0 fully saturated rings. The van der Waals surface area contributed by atoms with Crippen LogP contribution in [0.15, 0.2) is 59.2 Å². The van der Waals surface area contributed by atoms with Crippen LogP contribution in [0.2, 0.25) is 0 Å². The quantitative estimate of drug-likeness (QED) is 0.468. The number of halogens is 2. The molecule has 1 N–H and O–H groups in total. The minimum Gasteiger partial charge on any atom is -0.344 e. The number of para-hydroxylation sites is 1. The Balaban J connectivity index is 1.61. The summed E-state index contributed by atoms with van der Waals surface area (Å²) < 4.78 is 17.6. The van der Waals surface area contributed by atoms with Gasteiger partial charge in [-0.3, -0.25) is 4.79 Å². The Bertz CT molecular complexity index is 1170. The highest BCUT2D eigenvalue weighted by atomic mass is 79.9. The molecule has 4 rings (SSSR count). The van der Waals surface area contributed by atoms with E-state index < -0.39 is 0 Å². The van der Waals surface area contributed by atoms with Crippen LogP contribution < -0.4 is 5.32 Å². The first-order valence-corrected chi connectivity index (χ1v) is 10.0. The summed E-state index contributed by atoms with van der Waals surface area (Å²) in [7, 11) is 1.88. The fourth-order valence-corrected chi connectivity index (χ4v) is 4.41. The van der Waals surface area contributed by atoms with E-state index in [4.69, 9.17) is 0 Å². The van der Waals surface area contributed by atoms with Gasteiger partial charge in [-0.05, 0) is 60.1 Å². The maximum atomic E-state index is 13.2. The molecule has 7 heteroatoms. The van der Waals surface area contributed by atoms with Crippen molar-refractivity contribution in [1.29, 1.82) is 0 Å². The average molecular weight is 455 g/mol. The number of rotatable bonds is 4. The molecule has 1 atom stereocenters. The van der Waals surface area contributed by atoms with Crippen LogP contribution in [0.3, 0.4) is 0 Å². The zero-order valence-electron chi connectivity index (χ0n) is 16.3. The number of hydrogen-bond acceptors (Lipinski definition) is 2. The Hall–Kier alpha value is -2.93. The van der Waals surface area contributed by atoms with E-state index in [-0.39, 0.29) is 17.8 Å². The van der Waals surface area contributed by atoms with E-state index in [1.807, 2.05) is 49.7 Å². The lowest BCUT2D eigenvalue weighted by molar-refractivity contribution is 0.0931. The van der Waals surface area contributed by atoms with Gasteiger partial charge in [0.25, 0.3) is 5.91 Å². The van der Waals surface area contributed by atoms with Crippen molar-refractivity contribution in [2.45, 2.75) is 19.9 Å². The highest BCUT2D eigenvalue weighted by molar-refractivity contribution is 9.10. The number of nitrogens with one attached hydrogen (secondary N) is 1. The van der Waals surface area contributed by atoms with Gasteiger partial charge in [0, 0.05) is 29.2 Å². The molecule has 0 spiro atoms. The summed E-state index contributed by atoms with van der Waals surface area (Å²) in [5.74, 6) is -0.461. The second-order valence-corrected chi connectivity index (χ2v) is 7.80. The molecule has 2 heterocycles. The van der Waals surface area contributed by atoms with Crippen molar-refractivity contribution in [3.05, 3.63) is 82.0 Å². The van der Waals surface area contributed by atoms with Crippen LogP contribution in [0.5, 0.6) is 0 Å². The molecular weight excluding hydrogens is 435 g/mol. The minimum atomic E-state index is -0.292. The zero-order chi connectivity index (χ0) is 20.7. The van der Waals surface area contributed by atoms with Gasteiger partial charge in [-0.15, -0.1) is 0 Å². The standard InChI is InChI=1S/C22H20BrFN4O/c1-13(18-12-25-28(14(18)2)16-10-8-15(24)9-11-16)26-22(29)21-20(23)17-6-4-5-7-19(17)27(21)3/h4-13H,1-3H3,(H,26,29). The van der Waals surface area contributed by atoms with Gasteiger partial charge in [0.2, 0.25) is 0 Å². The monoisotopic (exact) mass is 454 g/mol. The van der Waals surface area contributed by atoms with Crippen LogP contribution in [0.25, 0.3) is 16.6 Å². The lowest BCUT2D eigenvalue weighted by Gasteiger charge is -2.15. The number of fused-ring (bicyclic) bond motifs is 1. The largest absolute Gasteiger partial charge is 0.344 e. The smallest absolute Gasteiger partial charge is 0.269 e. The molecule has 29 heavy (non-hydrogen) atoms. The van der Waals surface area contributed by atoms with Crippen LogP contribution in [0.4, 0.5) is 4.39 Å². The lowest BCUT2D eigenvalue weighted by atomic mass is 10.1. The van der Waals surface area contributed by atoms with Gasteiger partial charge in [-0.2, -0.15) is 5.10 Å². The molecule has 0 bridgehead atoms. The molecule has 0 aliphatic heterocycles. The van der Waals surface area contributed by atoms with Gasteiger partial charge in [0.1, 0.15) is 11.5 Å². The molecule has 1 amide bonds. The molecule has 0 radical (unpaired) electrons. The van der Waals surface area contributed by atoms with Gasteiger partial charge in [-0.25, -0.2) is 9.07 Å². The maximum Gasteiger partial charge on any atom is 0.269 e. The summed E-state index contributed by atoms with van der Waals surface area (Å²) in [4.78, 5) is 13.0. The summed E-state index contributed by atoms with van der Waals surface area (Å²) in [6, 6.07) is 13.8. The highest BCUT2D eigenvalue weighted by Gasteiger charge is 2.22. The van der Waals surface area contributed by atoms with E-state index in [1.165, 1.54) is 12.1 Å². The van der Waals surface area contributed by atoms with Crippen molar-refractivity contribution in [1.82, 2.24) is 19.7 Å². The van der Waals surface area contributed by atoms with Gasteiger partial charge < -0.3 is 9.88 Å². The van der Waals surface area contributed by atoms with E-state index in [2.05, 4.69) is 26.3 Å². The molecule has 1 unspecified atom stereocenters. The number of nitrogens with zero attached hydrogens (tertiary/aromatic N) is 3. The Morgan fingerprint density at radius 2 is 1.86 bits per heavy atom. The third-order valence-electron chi connectivity index (χ3n) is 5.19. The normalized spacial score (nSPS) is 12.3. The summed E-state index contributed by atoms with van der Waals surface area (Å²) in [6.45, 7) is 3.86. The minimum absolute atomic E-state index is 0.169. The molecule has 5 nitrogen and oxygen atoms in total. The third kappa shape index (κ3) is 3.35. The van der Waals surface area contributed by atoms with Crippen molar-refractivity contribution in [2.75, 3.05) is 0 Å². The third-order valence-corrected chi connectivity index (χ3v) is 6.00. The number of hydrogen-bond donors (Lipinski definition) is 1. The number of aromatic nitrogens is 3. The molecular formula is C22H20BrFN4O. The van der Waals surface area contributed by atoms with E-state index in [0.717, 1.165) is 32.3 Å². The summed E-state index contributed by atoms with van der Waals surface area (Å²) in [5, 5.41) is 8.48. The fourth-order valence-electron chi connectivity index (χ4n) is 3.63. The van der Waals surface area contributed by atoms with Crippen LogP contribution in [0.1, 0.15) is 34.7 Å². The molecule has 2 aromatic heterocycles. The Labute approximate surface area is 176 Å². The first-order valence-electron chi connectivity index (χ1n) is 9.22. The fraction of sp³-hybridized carbons (Fsp3) is 0.182. The SMILES string of the molecule is Cc1c(C(C)NC(=O)c2c(Br)c3ccccc3n2C)cnn1-c1ccc(F)cc1. The molecule has 0 aliphatic carbocycles. The maximum absolute atomic E-state index is 13.2. The second-order valence-electron chi connectivity index (χ2n) is 7.01. The van der Waals surface area contributed by atoms with E-state index in [0.29, 0.717) is 5.69 Å². The molecule has 148 valence electrons. The van der Waals surface area contributed by atoms with Crippen molar-refractivity contribution in [3.63, 3.8) is 0 Å². The molecule has 4 aromatic rings. The topological polar surface area (TPSA) is 51.9 Å².